The van der Waals surface area contributed by atoms with Crippen LogP contribution >= 0.6 is 11.3 Å². The quantitative estimate of drug-likeness (QED) is 0.592. The highest BCUT2D eigenvalue weighted by atomic mass is 32.2. The lowest BCUT2D eigenvalue weighted by Crippen LogP contribution is -2.27. The van der Waals surface area contributed by atoms with Crippen LogP contribution in [0.4, 0.5) is 5.13 Å². The minimum atomic E-state index is -3.80. The number of sulfonamides is 1. The summed E-state index contributed by atoms with van der Waals surface area (Å²) in [6.45, 7) is 2.17. The second-order valence-corrected chi connectivity index (χ2v) is 8.78. The fourth-order valence-electron chi connectivity index (χ4n) is 2.32. The first kappa shape index (κ1) is 19.2. The number of hydrogen-bond acceptors (Lipinski definition) is 6. The van der Waals surface area contributed by atoms with Gasteiger partial charge in [0, 0.05) is 12.1 Å². The van der Waals surface area contributed by atoms with Gasteiger partial charge in [0.05, 0.1) is 0 Å². The van der Waals surface area contributed by atoms with E-state index in [2.05, 4.69) is 20.2 Å². The van der Waals surface area contributed by atoms with Gasteiger partial charge in [0.2, 0.25) is 9.47 Å². The van der Waals surface area contributed by atoms with Crippen LogP contribution in [-0.2, 0) is 10.0 Å². The Hall–Kier alpha value is -2.62. The topological polar surface area (TPSA) is 101 Å². The first-order chi connectivity index (χ1) is 13.0. The second kappa shape index (κ2) is 8.38. The molecular weight excluding hydrogens is 384 g/mol. The van der Waals surface area contributed by atoms with Gasteiger partial charge in [-0.3, -0.25) is 10.1 Å². The monoisotopic (exact) mass is 402 g/mol. The predicted molar refractivity (Wildman–Crippen MR) is 104 cm³/mol. The molecule has 0 fully saturated rings. The predicted octanol–water partition coefficient (Wildman–Crippen LogP) is 2.87. The number of hydrogen-bond donors (Lipinski definition) is 2. The number of anilines is 1. The summed E-state index contributed by atoms with van der Waals surface area (Å²) in [4.78, 5) is 12.1. The van der Waals surface area contributed by atoms with Crippen molar-refractivity contribution in [3.8, 4) is 0 Å². The molecule has 0 bridgehead atoms. The van der Waals surface area contributed by atoms with Gasteiger partial charge in [-0.25, -0.2) is 13.1 Å². The maximum Gasteiger partial charge on any atom is 0.269 e. The molecule has 2 N–H and O–H groups in total. The molecule has 3 rings (SSSR count). The normalized spacial score (nSPS) is 12.5. The minimum absolute atomic E-state index is 0.00569. The molecule has 1 aromatic heterocycles. The van der Waals surface area contributed by atoms with E-state index in [-0.39, 0.29) is 27.8 Å². The Morgan fingerprint density at radius 3 is 2.33 bits per heavy atom. The Labute approximate surface area is 161 Å². The van der Waals surface area contributed by atoms with Crippen LogP contribution in [-0.4, -0.2) is 31.1 Å². The van der Waals surface area contributed by atoms with Gasteiger partial charge in [0.1, 0.15) is 0 Å². The Morgan fingerprint density at radius 2 is 1.67 bits per heavy atom. The van der Waals surface area contributed by atoms with Crippen LogP contribution in [0.3, 0.4) is 0 Å². The van der Waals surface area contributed by atoms with Gasteiger partial charge in [0.25, 0.3) is 15.9 Å². The molecule has 1 amide bonds. The number of benzene rings is 2. The lowest BCUT2D eigenvalue weighted by Gasteiger charge is -2.12. The average molecular weight is 403 g/mol. The van der Waals surface area contributed by atoms with Crippen LogP contribution in [0.15, 0.2) is 65.0 Å². The van der Waals surface area contributed by atoms with Gasteiger partial charge in [0.15, 0.2) is 0 Å². The van der Waals surface area contributed by atoms with E-state index in [9.17, 15) is 13.2 Å². The molecule has 9 heteroatoms. The summed E-state index contributed by atoms with van der Waals surface area (Å²) in [6.07, 6.45) is 0. The first-order valence-electron chi connectivity index (χ1n) is 8.20. The summed E-state index contributed by atoms with van der Waals surface area (Å²) in [5.41, 5.74) is 1.49. The van der Waals surface area contributed by atoms with Crippen LogP contribution in [0.1, 0.15) is 28.8 Å². The third-order valence-electron chi connectivity index (χ3n) is 3.84. The van der Waals surface area contributed by atoms with Crippen molar-refractivity contribution in [3.63, 3.8) is 0 Å². The molecule has 1 atom stereocenters. The van der Waals surface area contributed by atoms with Crippen molar-refractivity contribution in [3.05, 3.63) is 71.8 Å². The number of amides is 1. The Bertz CT molecular complexity index is 1010. The average Bonchev–Trinajstić information content (AvgIpc) is 3.17. The summed E-state index contributed by atoms with van der Waals surface area (Å²) in [7, 11) is -3.80. The van der Waals surface area contributed by atoms with Crippen molar-refractivity contribution in [1.82, 2.24) is 14.9 Å². The highest BCUT2D eigenvalue weighted by Gasteiger charge is 2.22. The lowest BCUT2D eigenvalue weighted by atomic mass is 10.0. The van der Waals surface area contributed by atoms with Crippen molar-refractivity contribution in [2.75, 3.05) is 11.9 Å². The molecule has 0 unspecified atom stereocenters. The van der Waals surface area contributed by atoms with E-state index in [1.54, 1.807) is 30.3 Å². The molecule has 0 aliphatic heterocycles. The first-order valence-corrected chi connectivity index (χ1v) is 10.5. The zero-order chi connectivity index (χ0) is 19.3. The molecule has 27 heavy (non-hydrogen) atoms. The van der Waals surface area contributed by atoms with Gasteiger partial charge >= 0.3 is 0 Å². The molecule has 0 aliphatic rings. The standard InChI is InChI=1S/C18H18N4O3S2/c1-13(14-8-4-2-5-9-14)12-19-27(24,25)18-22-21-17(26-18)20-16(23)15-10-6-3-7-11-15/h2-11,13,19H,12H2,1H3,(H,20,21,23)/t13-/m1/s1. The summed E-state index contributed by atoms with van der Waals surface area (Å²) in [5, 5.41) is 10.1. The summed E-state index contributed by atoms with van der Waals surface area (Å²) in [6, 6.07) is 18.2. The highest BCUT2D eigenvalue weighted by molar-refractivity contribution is 7.91. The molecule has 0 radical (unpaired) electrons. The van der Waals surface area contributed by atoms with E-state index in [4.69, 9.17) is 0 Å². The summed E-state index contributed by atoms with van der Waals surface area (Å²) in [5.74, 6) is -0.368. The van der Waals surface area contributed by atoms with Crippen LogP contribution in [0, 0.1) is 0 Å². The number of nitrogens with zero attached hydrogens (tertiary/aromatic N) is 2. The van der Waals surface area contributed by atoms with E-state index < -0.39 is 10.0 Å². The Kier molecular flexibility index (Phi) is 5.94. The Morgan fingerprint density at radius 1 is 1.04 bits per heavy atom. The highest BCUT2D eigenvalue weighted by Crippen LogP contribution is 2.21. The fourth-order valence-corrected chi connectivity index (χ4v) is 4.39. The largest absolute Gasteiger partial charge is 0.296 e. The number of carbonyl (C=O) groups is 1. The van der Waals surface area contributed by atoms with Crippen molar-refractivity contribution in [2.24, 2.45) is 0 Å². The maximum absolute atomic E-state index is 12.4. The lowest BCUT2D eigenvalue weighted by molar-refractivity contribution is 0.102. The molecule has 1 heterocycles. The van der Waals surface area contributed by atoms with Gasteiger partial charge in [-0.15, -0.1) is 10.2 Å². The number of nitrogens with one attached hydrogen (secondary N) is 2. The summed E-state index contributed by atoms with van der Waals surface area (Å²) >= 11 is 0.806. The van der Waals surface area contributed by atoms with Crippen molar-refractivity contribution in [1.29, 1.82) is 0 Å². The van der Waals surface area contributed by atoms with Crippen molar-refractivity contribution in [2.45, 2.75) is 17.2 Å². The van der Waals surface area contributed by atoms with Gasteiger partial charge < -0.3 is 0 Å². The van der Waals surface area contributed by atoms with Crippen LogP contribution in [0.25, 0.3) is 0 Å². The molecule has 140 valence electrons. The third kappa shape index (κ3) is 4.97. The van der Waals surface area contributed by atoms with E-state index in [1.807, 2.05) is 37.3 Å². The van der Waals surface area contributed by atoms with Crippen molar-refractivity contribution < 1.29 is 13.2 Å². The summed E-state index contributed by atoms with van der Waals surface area (Å²) < 4.78 is 27.2. The maximum atomic E-state index is 12.4. The van der Waals surface area contributed by atoms with Crippen LogP contribution in [0.5, 0.6) is 0 Å². The van der Waals surface area contributed by atoms with Gasteiger partial charge in [-0.05, 0) is 23.6 Å². The molecule has 0 spiro atoms. The smallest absolute Gasteiger partial charge is 0.269 e. The van der Waals surface area contributed by atoms with Crippen LogP contribution in [0.2, 0.25) is 0 Å². The van der Waals surface area contributed by atoms with E-state index >= 15 is 0 Å². The molecule has 3 aromatic rings. The number of aromatic nitrogens is 2. The molecular formula is C18H18N4O3S2. The van der Waals surface area contributed by atoms with E-state index in [0.717, 1.165) is 16.9 Å². The van der Waals surface area contributed by atoms with Gasteiger partial charge in [-0.2, -0.15) is 0 Å². The fraction of sp³-hybridized carbons (Fsp3) is 0.167. The number of rotatable bonds is 7. The molecule has 0 aliphatic carbocycles. The number of carbonyl (C=O) groups excluding carboxylic acids is 1. The van der Waals surface area contributed by atoms with E-state index in [1.165, 1.54) is 0 Å². The molecule has 7 nitrogen and oxygen atoms in total. The van der Waals surface area contributed by atoms with Crippen molar-refractivity contribution >= 4 is 32.4 Å². The third-order valence-corrected chi connectivity index (χ3v) is 6.47. The SMILES string of the molecule is C[C@H](CNS(=O)(=O)c1nnc(NC(=O)c2ccccc2)s1)c1ccccc1. The Balaban J connectivity index is 1.63. The molecule has 0 saturated heterocycles. The molecule has 2 aromatic carbocycles. The van der Waals surface area contributed by atoms with Gasteiger partial charge in [-0.1, -0.05) is 66.8 Å². The zero-order valence-electron chi connectivity index (χ0n) is 14.5. The zero-order valence-corrected chi connectivity index (χ0v) is 16.1. The minimum Gasteiger partial charge on any atom is -0.296 e. The second-order valence-electron chi connectivity index (χ2n) is 5.86. The van der Waals surface area contributed by atoms with Crippen LogP contribution < -0.4 is 10.0 Å². The van der Waals surface area contributed by atoms with E-state index in [0.29, 0.717) is 5.56 Å². The molecule has 0 saturated carbocycles.